The van der Waals surface area contributed by atoms with Crippen LogP contribution in [0.1, 0.15) is 45.4 Å². The normalized spacial score (nSPS) is 37.0. The number of likely N-dealkylation sites (tertiary alicyclic amines) is 1. The number of nitrogens with one attached hydrogen (secondary N) is 2. The van der Waals surface area contributed by atoms with Gasteiger partial charge in [0.1, 0.15) is 0 Å². The number of hydrogen-bond donors (Lipinski definition) is 2. The fourth-order valence-corrected chi connectivity index (χ4v) is 4.08. The number of aliphatic imine (C=N–C) groups is 1. The van der Waals surface area contributed by atoms with E-state index in [1.54, 1.807) is 0 Å². The van der Waals surface area contributed by atoms with Crippen LogP contribution in [0, 0.1) is 0 Å². The quantitative estimate of drug-likeness (QED) is 0.607. The highest BCUT2D eigenvalue weighted by Crippen LogP contribution is 2.34. The Labute approximate surface area is 128 Å². The Kier molecular flexibility index (Phi) is 5.01. The van der Waals surface area contributed by atoms with Crippen molar-refractivity contribution in [1.29, 1.82) is 0 Å². The number of nitrogens with zero attached hydrogens (tertiary/aromatic N) is 2. The summed E-state index contributed by atoms with van der Waals surface area (Å²) in [4.78, 5) is 6.98. The first kappa shape index (κ1) is 15.1. The Balaban J connectivity index is 1.46. The van der Waals surface area contributed by atoms with Crippen molar-refractivity contribution in [1.82, 2.24) is 15.5 Å². The molecule has 2 N–H and O–H groups in total. The highest BCUT2D eigenvalue weighted by molar-refractivity contribution is 5.80. The molecule has 120 valence electrons. The maximum atomic E-state index is 5.91. The van der Waals surface area contributed by atoms with Gasteiger partial charge in [-0.3, -0.25) is 9.89 Å². The van der Waals surface area contributed by atoms with E-state index < -0.39 is 0 Å². The predicted molar refractivity (Wildman–Crippen MR) is 85.7 cm³/mol. The summed E-state index contributed by atoms with van der Waals surface area (Å²) in [6.45, 7) is 5.65. The lowest BCUT2D eigenvalue weighted by molar-refractivity contribution is 0.0991. The van der Waals surface area contributed by atoms with Crippen molar-refractivity contribution >= 4 is 5.96 Å². The van der Waals surface area contributed by atoms with Crippen molar-refractivity contribution in [3.05, 3.63) is 0 Å². The number of likely N-dealkylation sites (N-methyl/N-ethyl adjacent to an activating group) is 1. The summed E-state index contributed by atoms with van der Waals surface area (Å²) in [7, 11) is 1.86. The van der Waals surface area contributed by atoms with Gasteiger partial charge >= 0.3 is 0 Å². The van der Waals surface area contributed by atoms with Crippen LogP contribution in [0.15, 0.2) is 4.99 Å². The van der Waals surface area contributed by atoms with Gasteiger partial charge in [0.05, 0.1) is 18.2 Å². The molecule has 5 heteroatoms. The summed E-state index contributed by atoms with van der Waals surface area (Å²) in [5.74, 6) is 0.942. The number of piperidine rings is 1. The minimum absolute atomic E-state index is 0.398. The highest BCUT2D eigenvalue weighted by Gasteiger charge is 2.41. The smallest absolute Gasteiger partial charge is 0.191 e. The summed E-state index contributed by atoms with van der Waals surface area (Å²) in [6, 6.07) is 1.10. The van der Waals surface area contributed by atoms with Crippen molar-refractivity contribution in [2.75, 3.05) is 26.7 Å². The van der Waals surface area contributed by atoms with Crippen LogP contribution in [0.5, 0.6) is 0 Å². The molecular weight excluding hydrogens is 264 g/mol. The molecule has 3 fully saturated rings. The molecule has 3 aliphatic heterocycles. The minimum Gasteiger partial charge on any atom is -0.373 e. The van der Waals surface area contributed by atoms with Gasteiger partial charge in [-0.1, -0.05) is 13.3 Å². The first-order valence-electron chi connectivity index (χ1n) is 8.67. The van der Waals surface area contributed by atoms with E-state index in [9.17, 15) is 0 Å². The zero-order valence-corrected chi connectivity index (χ0v) is 13.5. The second-order valence-corrected chi connectivity index (χ2v) is 6.59. The van der Waals surface area contributed by atoms with E-state index in [4.69, 9.17) is 4.74 Å². The molecule has 3 heterocycles. The Morgan fingerprint density at radius 1 is 1.29 bits per heavy atom. The van der Waals surface area contributed by atoms with E-state index in [1.807, 2.05) is 7.05 Å². The van der Waals surface area contributed by atoms with Gasteiger partial charge in [-0.15, -0.1) is 0 Å². The van der Waals surface area contributed by atoms with Gasteiger partial charge in [-0.05, 0) is 45.2 Å². The minimum atomic E-state index is 0.398. The standard InChI is InChI=1S/C16H30N4O/c1-3-20-9-5-4-6-12(20)11-18-16(17-2)19-14-10-13-7-8-15(14)21-13/h12-15H,3-11H2,1-2H3,(H2,17,18,19). The van der Waals surface area contributed by atoms with Crippen LogP contribution in [0.2, 0.25) is 0 Å². The van der Waals surface area contributed by atoms with E-state index in [1.165, 1.54) is 38.6 Å². The summed E-state index contributed by atoms with van der Waals surface area (Å²) in [5, 5.41) is 7.10. The Bertz CT molecular complexity index is 373. The van der Waals surface area contributed by atoms with Crippen molar-refractivity contribution in [2.24, 2.45) is 4.99 Å². The second kappa shape index (κ2) is 6.97. The molecule has 21 heavy (non-hydrogen) atoms. The van der Waals surface area contributed by atoms with Crippen LogP contribution in [0.25, 0.3) is 0 Å². The lowest BCUT2D eigenvalue weighted by atomic mass is 9.96. The first-order valence-corrected chi connectivity index (χ1v) is 8.67. The number of hydrogen-bond acceptors (Lipinski definition) is 3. The van der Waals surface area contributed by atoms with Crippen LogP contribution in [0.3, 0.4) is 0 Å². The van der Waals surface area contributed by atoms with E-state index in [0.29, 0.717) is 24.3 Å². The fourth-order valence-electron chi connectivity index (χ4n) is 4.08. The Morgan fingerprint density at radius 2 is 2.19 bits per heavy atom. The van der Waals surface area contributed by atoms with Gasteiger partial charge in [-0.25, -0.2) is 0 Å². The van der Waals surface area contributed by atoms with E-state index in [-0.39, 0.29) is 0 Å². The van der Waals surface area contributed by atoms with Crippen LogP contribution >= 0.6 is 0 Å². The number of ether oxygens (including phenoxy) is 1. The highest BCUT2D eigenvalue weighted by atomic mass is 16.5. The molecule has 0 aromatic rings. The van der Waals surface area contributed by atoms with Crippen molar-refractivity contribution in [2.45, 2.75) is 69.7 Å². The number of fused-ring (bicyclic) bond motifs is 2. The molecule has 0 aromatic carbocycles. The largest absolute Gasteiger partial charge is 0.373 e. The fraction of sp³-hybridized carbons (Fsp3) is 0.938. The average molecular weight is 294 g/mol. The van der Waals surface area contributed by atoms with Gasteiger partial charge in [0.15, 0.2) is 5.96 Å². The third-order valence-electron chi connectivity index (χ3n) is 5.31. The van der Waals surface area contributed by atoms with Crippen molar-refractivity contribution < 1.29 is 4.74 Å². The Morgan fingerprint density at radius 3 is 2.86 bits per heavy atom. The summed E-state index contributed by atoms with van der Waals surface area (Å²) in [5.41, 5.74) is 0. The van der Waals surface area contributed by atoms with Crippen LogP contribution in [0.4, 0.5) is 0 Å². The third kappa shape index (κ3) is 3.51. The van der Waals surface area contributed by atoms with E-state index in [2.05, 4.69) is 27.4 Å². The zero-order chi connectivity index (χ0) is 14.7. The van der Waals surface area contributed by atoms with Gasteiger partial charge in [0, 0.05) is 19.6 Å². The molecule has 0 radical (unpaired) electrons. The molecule has 3 saturated heterocycles. The molecule has 0 saturated carbocycles. The monoisotopic (exact) mass is 294 g/mol. The SMILES string of the molecule is CCN1CCCCC1CNC(=NC)NC1CC2CCC1O2. The molecular formula is C16H30N4O. The van der Waals surface area contributed by atoms with Gasteiger partial charge in [-0.2, -0.15) is 0 Å². The lowest BCUT2D eigenvalue weighted by Crippen LogP contribution is -2.52. The van der Waals surface area contributed by atoms with Gasteiger partial charge in [0.25, 0.3) is 0 Å². The molecule has 0 aliphatic carbocycles. The predicted octanol–water partition coefficient (Wildman–Crippen LogP) is 1.35. The van der Waals surface area contributed by atoms with Crippen LogP contribution in [-0.4, -0.2) is 61.8 Å². The molecule has 2 bridgehead atoms. The molecule has 0 spiro atoms. The van der Waals surface area contributed by atoms with E-state index in [0.717, 1.165) is 25.5 Å². The van der Waals surface area contributed by atoms with E-state index >= 15 is 0 Å². The maximum absolute atomic E-state index is 5.91. The second-order valence-electron chi connectivity index (χ2n) is 6.59. The lowest BCUT2D eigenvalue weighted by Gasteiger charge is -2.35. The molecule has 4 unspecified atom stereocenters. The molecule has 0 amide bonds. The molecule has 0 aromatic heterocycles. The molecule has 3 aliphatic rings. The summed E-state index contributed by atoms with van der Waals surface area (Å²) < 4.78 is 5.91. The molecule has 4 atom stereocenters. The molecule has 3 rings (SSSR count). The van der Waals surface area contributed by atoms with Gasteiger partial charge in [0.2, 0.25) is 0 Å². The number of rotatable bonds is 4. The number of guanidine groups is 1. The summed E-state index contributed by atoms with van der Waals surface area (Å²) >= 11 is 0. The zero-order valence-electron chi connectivity index (χ0n) is 13.5. The topological polar surface area (TPSA) is 48.9 Å². The molecule has 5 nitrogen and oxygen atoms in total. The van der Waals surface area contributed by atoms with Gasteiger partial charge < -0.3 is 15.4 Å². The van der Waals surface area contributed by atoms with Crippen LogP contribution < -0.4 is 10.6 Å². The Hall–Kier alpha value is -0.810. The van der Waals surface area contributed by atoms with Crippen molar-refractivity contribution in [3.8, 4) is 0 Å². The van der Waals surface area contributed by atoms with Crippen LogP contribution in [-0.2, 0) is 4.74 Å². The average Bonchev–Trinajstić information content (AvgIpc) is 3.14. The first-order chi connectivity index (χ1) is 10.3. The summed E-state index contributed by atoms with van der Waals surface area (Å²) in [6.07, 6.45) is 8.46. The van der Waals surface area contributed by atoms with Crippen molar-refractivity contribution in [3.63, 3.8) is 0 Å². The maximum Gasteiger partial charge on any atom is 0.191 e. The third-order valence-corrected chi connectivity index (χ3v) is 5.31.